The first-order chi connectivity index (χ1) is 10.6. The van der Waals surface area contributed by atoms with Gasteiger partial charge in [-0.1, -0.05) is 0 Å². The molecule has 126 valence electrons. The first kappa shape index (κ1) is 18.3. The third-order valence-electron chi connectivity index (χ3n) is 2.62. The summed E-state index contributed by atoms with van der Waals surface area (Å²) < 4.78 is 39.8. The predicted molar refractivity (Wildman–Crippen MR) is 72.3 cm³/mol. The number of hydrogen-bond donors (Lipinski definition) is 3. The van der Waals surface area contributed by atoms with Crippen LogP contribution in [0.5, 0.6) is 5.75 Å². The molecule has 1 aromatic carbocycles. The number of carbonyl (C=O) groups is 3. The molecule has 7 nitrogen and oxygen atoms in total. The highest BCUT2D eigenvalue weighted by molar-refractivity contribution is 5.98. The summed E-state index contributed by atoms with van der Waals surface area (Å²) in [5.41, 5.74) is 4.97. The summed E-state index contributed by atoms with van der Waals surface area (Å²) in [6.07, 6.45) is -5.25. The van der Waals surface area contributed by atoms with E-state index in [9.17, 15) is 27.6 Å². The Morgan fingerprint density at radius 1 is 1.22 bits per heavy atom. The van der Waals surface area contributed by atoms with Gasteiger partial charge in [0.15, 0.2) is 0 Å². The lowest BCUT2D eigenvalue weighted by atomic mass is 10.1. The van der Waals surface area contributed by atoms with E-state index in [4.69, 9.17) is 5.73 Å². The van der Waals surface area contributed by atoms with Crippen molar-refractivity contribution in [3.05, 3.63) is 29.8 Å². The molecule has 0 aliphatic heterocycles. The molecule has 0 saturated heterocycles. The quantitative estimate of drug-likeness (QED) is 0.695. The minimum absolute atomic E-state index is 0.0158. The van der Waals surface area contributed by atoms with Crippen LogP contribution >= 0.6 is 0 Å². The first-order valence-electron chi connectivity index (χ1n) is 6.29. The van der Waals surface area contributed by atoms with Gasteiger partial charge in [0.05, 0.1) is 6.42 Å². The van der Waals surface area contributed by atoms with Gasteiger partial charge in [-0.25, -0.2) is 0 Å². The second-order valence-corrected chi connectivity index (χ2v) is 4.38. The summed E-state index contributed by atoms with van der Waals surface area (Å²) in [6.45, 7) is 0. The molecule has 0 saturated carbocycles. The van der Waals surface area contributed by atoms with Gasteiger partial charge < -0.3 is 21.1 Å². The number of carbonyl (C=O) groups excluding carboxylic acids is 3. The zero-order valence-electron chi connectivity index (χ0n) is 11.9. The number of likely N-dealkylation sites (N-methyl/N-ethyl adjacent to an activating group) is 1. The third kappa shape index (κ3) is 6.24. The Kier molecular flexibility index (Phi) is 5.94. The van der Waals surface area contributed by atoms with Crippen LogP contribution in [0.25, 0.3) is 0 Å². The van der Waals surface area contributed by atoms with Crippen molar-refractivity contribution in [2.24, 2.45) is 5.73 Å². The number of hydrogen-bond acceptors (Lipinski definition) is 4. The molecule has 1 rings (SSSR count). The molecule has 1 atom stereocenters. The van der Waals surface area contributed by atoms with Crippen LogP contribution in [0.4, 0.5) is 13.2 Å². The van der Waals surface area contributed by atoms with E-state index in [0.29, 0.717) is 0 Å². The second-order valence-electron chi connectivity index (χ2n) is 4.38. The number of alkyl halides is 3. The number of amides is 3. The molecule has 0 fully saturated rings. The third-order valence-corrected chi connectivity index (χ3v) is 2.62. The summed E-state index contributed by atoms with van der Waals surface area (Å²) in [6, 6.07) is 2.89. The minimum Gasteiger partial charge on any atom is -0.406 e. The Morgan fingerprint density at radius 3 is 2.22 bits per heavy atom. The largest absolute Gasteiger partial charge is 0.573 e. The topological polar surface area (TPSA) is 111 Å². The van der Waals surface area contributed by atoms with E-state index in [1.807, 2.05) is 0 Å². The lowest BCUT2D eigenvalue weighted by molar-refractivity contribution is -0.274. The highest BCUT2D eigenvalue weighted by Crippen LogP contribution is 2.22. The van der Waals surface area contributed by atoms with Gasteiger partial charge >= 0.3 is 6.36 Å². The lowest BCUT2D eigenvalue weighted by Gasteiger charge is -2.16. The fourth-order valence-corrected chi connectivity index (χ4v) is 1.63. The van der Waals surface area contributed by atoms with Gasteiger partial charge in [0.2, 0.25) is 11.8 Å². The van der Waals surface area contributed by atoms with E-state index in [2.05, 4.69) is 15.4 Å². The van der Waals surface area contributed by atoms with E-state index >= 15 is 0 Å². The highest BCUT2D eigenvalue weighted by atomic mass is 19.4. The Hall–Kier alpha value is -2.78. The molecular weight excluding hydrogens is 319 g/mol. The molecule has 0 aromatic heterocycles. The van der Waals surface area contributed by atoms with Crippen LogP contribution in [0, 0.1) is 0 Å². The van der Waals surface area contributed by atoms with E-state index in [1.54, 1.807) is 0 Å². The Bertz CT molecular complexity index is 587. The predicted octanol–water partition coefficient (Wildman–Crippen LogP) is 0.305. The SMILES string of the molecule is CNC(=O)[C@H](CC(N)=O)NC(=O)c1ccc(OC(F)(F)F)cc1. The molecule has 4 N–H and O–H groups in total. The van der Waals surface area contributed by atoms with Gasteiger partial charge in [-0.2, -0.15) is 0 Å². The standard InChI is InChI=1S/C13H14F3N3O4/c1-18-12(22)9(6-10(17)20)19-11(21)7-2-4-8(5-3-7)23-13(14,15)16/h2-5,9H,6H2,1H3,(H2,17,20)(H,18,22)(H,19,21)/t9-/m0/s1. The van der Waals surface area contributed by atoms with Gasteiger partial charge in [-0.3, -0.25) is 14.4 Å². The molecule has 0 radical (unpaired) electrons. The number of rotatable bonds is 6. The lowest BCUT2D eigenvalue weighted by Crippen LogP contribution is -2.47. The summed E-state index contributed by atoms with van der Waals surface area (Å²) in [5, 5.41) is 4.52. The number of nitrogens with one attached hydrogen (secondary N) is 2. The van der Waals surface area contributed by atoms with Crippen LogP contribution in [0.1, 0.15) is 16.8 Å². The first-order valence-corrected chi connectivity index (χ1v) is 6.29. The van der Waals surface area contributed by atoms with Crippen molar-refractivity contribution < 1.29 is 32.3 Å². The van der Waals surface area contributed by atoms with Crippen molar-refractivity contribution in [2.45, 2.75) is 18.8 Å². The van der Waals surface area contributed by atoms with Gasteiger partial charge in [0.25, 0.3) is 5.91 Å². The van der Waals surface area contributed by atoms with Crippen molar-refractivity contribution >= 4 is 17.7 Å². The number of nitrogens with two attached hydrogens (primary N) is 1. The van der Waals surface area contributed by atoms with E-state index in [0.717, 1.165) is 24.3 Å². The molecule has 0 bridgehead atoms. The van der Waals surface area contributed by atoms with Crippen molar-refractivity contribution in [1.29, 1.82) is 0 Å². The molecule has 3 amide bonds. The molecular formula is C13H14F3N3O4. The zero-order valence-corrected chi connectivity index (χ0v) is 11.9. The molecule has 0 spiro atoms. The molecule has 0 heterocycles. The Balaban J connectivity index is 2.79. The van der Waals surface area contributed by atoms with E-state index in [1.165, 1.54) is 7.05 Å². The normalized spacial score (nSPS) is 12.2. The van der Waals surface area contributed by atoms with Gasteiger partial charge in [-0.15, -0.1) is 13.2 Å². The van der Waals surface area contributed by atoms with Crippen LogP contribution in [0.3, 0.4) is 0 Å². The Morgan fingerprint density at radius 2 is 1.78 bits per heavy atom. The molecule has 0 aliphatic rings. The summed E-state index contributed by atoms with van der Waals surface area (Å²) in [4.78, 5) is 34.4. The number of benzene rings is 1. The number of halogens is 3. The summed E-state index contributed by atoms with van der Waals surface area (Å²) in [7, 11) is 1.31. The van der Waals surface area contributed by atoms with Crippen LogP contribution in [0.15, 0.2) is 24.3 Å². The monoisotopic (exact) mass is 333 g/mol. The van der Waals surface area contributed by atoms with Crippen LogP contribution < -0.4 is 21.1 Å². The van der Waals surface area contributed by atoms with E-state index < -0.39 is 42.3 Å². The number of ether oxygens (including phenoxy) is 1. The maximum Gasteiger partial charge on any atom is 0.573 e. The number of primary amides is 1. The molecule has 1 aromatic rings. The second kappa shape index (κ2) is 7.47. The van der Waals surface area contributed by atoms with Crippen LogP contribution in [-0.2, 0) is 9.59 Å². The smallest absolute Gasteiger partial charge is 0.406 e. The van der Waals surface area contributed by atoms with Crippen molar-refractivity contribution in [1.82, 2.24) is 10.6 Å². The fourth-order valence-electron chi connectivity index (χ4n) is 1.63. The van der Waals surface area contributed by atoms with E-state index in [-0.39, 0.29) is 5.56 Å². The molecule has 23 heavy (non-hydrogen) atoms. The average Bonchev–Trinajstić information content (AvgIpc) is 2.44. The summed E-state index contributed by atoms with van der Waals surface area (Å²) in [5.74, 6) is -2.67. The molecule has 10 heteroatoms. The van der Waals surface area contributed by atoms with Crippen molar-refractivity contribution in [3.63, 3.8) is 0 Å². The van der Waals surface area contributed by atoms with Gasteiger partial charge in [0, 0.05) is 12.6 Å². The molecule has 0 unspecified atom stereocenters. The Labute approximate surface area is 129 Å². The average molecular weight is 333 g/mol. The van der Waals surface area contributed by atoms with Gasteiger partial charge in [0.1, 0.15) is 11.8 Å². The van der Waals surface area contributed by atoms with Crippen molar-refractivity contribution in [2.75, 3.05) is 7.05 Å². The highest BCUT2D eigenvalue weighted by Gasteiger charge is 2.31. The maximum atomic E-state index is 12.0. The minimum atomic E-state index is -4.84. The van der Waals surface area contributed by atoms with Crippen LogP contribution in [-0.4, -0.2) is 37.2 Å². The maximum absolute atomic E-state index is 12.0. The fraction of sp³-hybridized carbons (Fsp3) is 0.308. The zero-order chi connectivity index (χ0) is 17.6. The molecule has 0 aliphatic carbocycles. The summed E-state index contributed by atoms with van der Waals surface area (Å²) >= 11 is 0. The van der Waals surface area contributed by atoms with Gasteiger partial charge in [-0.05, 0) is 24.3 Å². The van der Waals surface area contributed by atoms with Crippen molar-refractivity contribution in [3.8, 4) is 5.75 Å². The van der Waals surface area contributed by atoms with Crippen LogP contribution in [0.2, 0.25) is 0 Å².